The van der Waals surface area contributed by atoms with E-state index in [1.807, 2.05) is 52.1 Å². The van der Waals surface area contributed by atoms with Gasteiger partial charge in [0.05, 0.1) is 34.8 Å². The van der Waals surface area contributed by atoms with Crippen molar-refractivity contribution in [2.45, 2.75) is 84.8 Å². The number of alkyl carbamates (subject to hydrolysis) is 1. The monoisotopic (exact) mass is 545 g/mol. The average Bonchev–Trinajstić information content (AvgIpc) is 2.87. The Bertz CT molecular complexity index is 1370. The fraction of sp³-hybridized carbons (Fsp3) is 0.500. The molecule has 2 amide bonds. The maximum Gasteiger partial charge on any atom is 0.407 e. The molecule has 0 saturated heterocycles. The van der Waals surface area contributed by atoms with Crippen molar-refractivity contribution in [3.05, 3.63) is 59.5 Å². The van der Waals surface area contributed by atoms with E-state index in [9.17, 15) is 9.59 Å². The molecule has 2 heterocycles. The summed E-state index contributed by atoms with van der Waals surface area (Å²) in [4.78, 5) is 37.3. The molecule has 3 unspecified atom stereocenters. The first kappa shape index (κ1) is 29.3. The summed E-state index contributed by atoms with van der Waals surface area (Å²) in [7, 11) is 2.06. The highest BCUT2D eigenvalue weighted by molar-refractivity contribution is 6.12. The summed E-state index contributed by atoms with van der Waals surface area (Å²) >= 11 is 0. The number of aromatic nitrogens is 2. The van der Waals surface area contributed by atoms with Crippen LogP contribution in [-0.2, 0) is 4.74 Å². The lowest BCUT2D eigenvalue weighted by Gasteiger charge is -2.35. The summed E-state index contributed by atoms with van der Waals surface area (Å²) in [6.07, 6.45) is 8.58. The van der Waals surface area contributed by atoms with Gasteiger partial charge in [0.2, 0.25) is 0 Å². The predicted molar refractivity (Wildman–Crippen MR) is 161 cm³/mol. The van der Waals surface area contributed by atoms with E-state index in [2.05, 4.69) is 47.5 Å². The van der Waals surface area contributed by atoms with Gasteiger partial charge in [-0.25, -0.2) is 4.79 Å². The first-order chi connectivity index (χ1) is 18.9. The molecule has 40 heavy (non-hydrogen) atoms. The Hall–Kier alpha value is -3.68. The normalized spacial score (nSPS) is 19.2. The van der Waals surface area contributed by atoms with E-state index < -0.39 is 11.7 Å². The van der Waals surface area contributed by atoms with Crippen LogP contribution in [0.25, 0.3) is 10.9 Å². The maximum atomic E-state index is 13.6. The van der Waals surface area contributed by atoms with Gasteiger partial charge in [-0.3, -0.25) is 14.8 Å². The summed E-state index contributed by atoms with van der Waals surface area (Å²) in [6, 6.07) is 7.90. The zero-order valence-electron chi connectivity index (χ0n) is 24.9. The third-order valence-corrected chi connectivity index (χ3v) is 7.50. The van der Waals surface area contributed by atoms with Crippen LogP contribution >= 0.6 is 0 Å². The molecule has 1 aliphatic carbocycles. The third kappa shape index (κ3) is 7.09. The van der Waals surface area contributed by atoms with Crippen LogP contribution in [0.4, 0.5) is 16.2 Å². The van der Waals surface area contributed by atoms with Gasteiger partial charge in [-0.05, 0) is 94.5 Å². The van der Waals surface area contributed by atoms with Gasteiger partial charge < -0.3 is 20.3 Å². The van der Waals surface area contributed by atoms with Crippen molar-refractivity contribution >= 4 is 34.3 Å². The lowest BCUT2D eigenvalue weighted by molar-refractivity contribution is 0.0482. The topological polar surface area (TPSA) is 96.5 Å². The molecule has 2 N–H and O–H groups in total. The molecule has 8 heteroatoms. The number of rotatable bonds is 7. The lowest BCUT2D eigenvalue weighted by atomic mass is 9.76. The Morgan fingerprint density at radius 3 is 2.62 bits per heavy atom. The number of pyridine rings is 2. The molecular formula is C32H43N5O3. The fourth-order valence-electron chi connectivity index (χ4n) is 5.71. The van der Waals surface area contributed by atoms with E-state index in [1.165, 1.54) is 0 Å². The summed E-state index contributed by atoms with van der Waals surface area (Å²) in [5.74, 6) is 0.348. The first-order valence-corrected chi connectivity index (χ1v) is 14.3. The van der Waals surface area contributed by atoms with Gasteiger partial charge in [-0.2, -0.15) is 0 Å². The fourth-order valence-corrected chi connectivity index (χ4v) is 5.71. The molecule has 3 atom stereocenters. The highest BCUT2D eigenvalue weighted by Crippen LogP contribution is 2.39. The van der Waals surface area contributed by atoms with Gasteiger partial charge in [0.1, 0.15) is 5.60 Å². The van der Waals surface area contributed by atoms with Crippen molar-refractivity contribution in [2.75, 3.05) is 23.8 Å². The maximum absolute atomic E-state index is 13.6. The molecule has 1 saturated carbocycles. The van der Waals surface area contributed by atoms with Crippen LogP contribution < -0.4 is 15.5 Å². The van der Waals surface area contributed by atoms with E-state index in [0.29, 0.717) is 22.7 Å². The molecule has 3 aromatic rings. The van der Waals surface area contributed by atoms with Crippen molar-refractivity contribution in [3.63, 3.8) is 0 Å². The van der Waals surface area contributed by atoms with Crippen LogP contribution in [0.3, 0.4) is 0 Å². The van der Waals surface area contributed by atoms with Gasteiger partial charge in [0.25, 0.3) is 5.91 Å². The summed E-state index contributed by atoms with van der Waals surface area (Å²) in [5, 5.41) is 7.16. The lowest BCUT2D eigenvalue weighted by Crippen LogP contribution is -2.42. The van der Waals surface area contributed by atoms with Gasteiger partial charge in [-0.15, -0.1) is 0 Å². The Balaban J connectivity index is 1.56. The Kier molecular flexibility index (Phi) is 8.96. The average molecular weight is 546 g/mol. The highest BCUT2D eigenvalue weighted by Gasteiger charge is 2.31. The number of benzene rings is 1. The molecule has 0 radical (unpaired) electrons. The van der Waals surface area contributed by atoms with E-state index in [4.69, 9.17) is 9.72 Å². The molecule has 1 aliphatic rings. The van der Waals surface area contributed by atoms with Crippen molar-refractivity contribution in [1.29, 1.82) is 0 Å². The molecule has 0 spiro atoms. The van der Waals surface area contributed by atoms with Crippen molar-refractivity contribution in [3.8, 4) is 0 Å². The third-order valence-electron chi connectivity index (χ3n) is 7.50. The predicted octanol–water partition coefficient (Wildman–Crippen LogP) is 6.83. The molecule has 1 fully saturated rings. The van der Waals surface area contributed by atoms with Crippen molar-refractivity contribution < 1.29 is 14.3 Å². The zero-order valence-corrected chi connectivity index (χ0v) is 24.9. The van der Waals surface area contributed by atoms with E-state index in [1.54, 1.807) is 12.4 Å². The van der Waals surface area contributed by atoms with Gasteiger partial charge in [-0.1, -0.05) is 19.9 Å². The number of ether oxygens (including phenoxy) is 1. The van der Waals surface area contributed by atoms with Gasteiger partial charge >= 0.3 is 6.09 Å². The zero-order chi connectivity index (χ0) is 29.0. The van der Waals surface area contributed by atoms with E-state index >= 15 is 0 Å². The molecule has 2 aromatic heterocycles. The van der Waals surface area contributed by atoms with Crippen LogP contribution in [0.5, 0.6) is 0 Å². The van der Waals surface area contributed by atoms with Crippen LogP contribution in [0, 0.1) is 12.8 Å². The van der Waals surface area contributed by atoms with Gasteiger partial charge in [0, 0.05) is 31.2 Å². The van der Waals surface area contributed by atoms with Crippen LogP contribution in [0.1, 0.15) is 87.7 Å². The number of nitrogens with zero attached hydrogens (tertiary/aromatic N) is 3. The summed E-state index contributed by atoms with van der Waals surface area (Å²) in [5.41, 5.74) is 4.49. The number of amides is 2. The molecule has 1 aromatic carbocycles. The summed E-state index contributed by atoms with van der Waals surface area (Å²) in [6.45, 7) is 12.9. The second kappa shape index (κ2) is 12.2. The standard InChI is InChI=1S/C32H43N5O3/c1-8-13-37(7)24-17-27-21(3)9-10-26(29(27)34-18-24)30(38)36-28-19-33-12-11-25(28)22-14-20(2)15-23(16-22)35-31(39)40-32(4,5)6/h9-12,17-20,22-23H,8,13-16H2,1-7H3,(H,35,39)(H,36,38). The number of carbonyl (C=O) groups excluding carboxylic acids is 2. The quantitative estimate of drug-likeness (QED) is 0.338. The summed E-state index contributed by atoms with van der Waals surface area (Å²) < 4.78 is 5.49. The second-order valence-electron chi connectivity index (χ2n) is 12.2. The Labute approximate surface area is 237 Å². The molecule has 214 valence electrons. The first-order valence-electron chi connectivity index (χ1n) is 14.3. The minimum atomic E-state index is -0.547. The number of aryl methyl sites for hydroxylation is 1. The van der Waals surface area contributed by atoms with Gasteiger partial charge in [0.15, 0.2) is 0 Å². The van der Waals surface area contributed by atoms with E-state index in [0.717, 1.165) is 54.4 Å². The molecule has 0 bridgehead atoms. The SMILES string of the molecule is CCCN(C)c1cnc2c(C(=O)Nc3cnccc3C3CC(C)CC(NC(=O)OC(C)(C)C)C3)ccc(C)c2c1. The van der Waals surface area contributed by atoms with Crippen molar-refractivity contribution in [2.24, 2.45) is 5.92 Å². The molecular weight excluding hydrogens is 502 g/mol. The molecule has 8 nitrogen and oxygen atoms in total. The number of anilines is 2. The molecule has 0 aliphatic heterocycles. The van der Waals surface area contributed by atoms with Crippen molar-refractivity contribution in [1.82, 2.24) is 15.3 Å². The largest absolute Gasteiger partial charge is 0.444 e. The second-order valence-corrected chi connectivity index (χ2v) is 12.2. The smallest absolute Gasteiger partial charge is 0.407 e. The van der Waals surface area contributed by atoms with Crippen LogP contribution in [0.2, 0.25) is 0 Å². The molecule has 4 rings (SSSR count). The minimum absolute atomic E-state index is 0.00871. The Morgan fingerprint density at radius 2 is 1.90 bits per heavy atom. The highest BCUT2D eigenvalue weighted by atomic mass is 16.6. The number of carbonyl (C=O) groups is 2. The van der Waals surface area contributed by atoms with Crippen LogP contribution in [-0.4, -0.2) is 47.2 Å². The number of hydrogen-bond acceptors (Lipinski definition) is 6. The minimum Gasteiger partial charge on any atom is -0.444 e. The van der Waals surface area contributed by atoms with E-state index in [-0.39, 0.29) is 17.9 Å². The number of hydrogen-bond donors (Lipinski definition) is 2. The Morgan fingerprint density at radius 1 is 1.12 bits per heavy atom. The number of nitrogens with one attached hydrogen (secondary N) is 2. The number of fused-ring (bicyclic) bond motifs is 1. The van der Waals surface area contributed by atoms with Crippen LogP contribution in [0.15, 0.2) is 42.9 Å².